The number of ether oxygens (including phenoxy) is 1. The van der Waals surface area contributed by atoms with E-state index < -0.39 is 6.10 Å². The average Bonchev–Trinajstić information content (AvgIpc) is 3.15. The number of para-hydroxylation sites is 1. The molecule has 4 N–H and O–H groups in total. The van der Waals surface area contributed by atoms with Gasteiger partial charge in [0.25, 0.3) is 5.91 Å². The van der Waals surface area contributed by atoms with E-state index in [-0.39, 0.29) is 18.6 Å². The number of aliphatic hydroxyl groups excluding tert-OH is 1. The van der Waals surface area contributed by atoms with Crippen molar-refractivity contribution >= 4 is 23.1 Å². The molecule has 0 unspecified atom stereocenters. The van der Waals surface area contributed by atoms with Crippen LogP contribution in [-0.4, -0.2) is 64.3 Å². The molecule has 3 heterocycles. The third kappa shape index (κ3) is 4.37. The molecule has 2 atom stereocenters. The van der Waals surface area contributed by atoms with Crippen LogP contribution in [0, 0.1) is 13.8 Å². The van der Waals surface area contributed by atoms with Gasteiger partial charge in [-0.05, 0) is 38.9 Å². The Morgan fingerprint density at radius 3 is 2.68 bits per heavy atom. The number of rotatable bonds is 4. The Balaban J connectivity index is 1.54. The minimum atomic E-state index is -0.624. The van der Waals surface area contributed by atoms with Crippen molar-refractivity contribution in [3.05, 3.63) is 57.8 Å². The lowest BCUT2D eigenvalue weighted by molar-refractivity contribution is 0.0155. The molecule has 1 saturated heterocycles. The van der Waals surface area contributed by atoms with Crippen LogP contribution in [0.1, 0.15) is 34.0 Å². The summed E-state index contributed by atoms with van der Waals surface area (Å²) in [6, 6.07) is 7.09. The number of aliphatic hydroxyl groups is 1. The molecule has 2 aliphatic rings. The number of amides is 1. The first-order chi connectivity index (χ1) is 14.8. The zero-order valence-corrected chi connectivity index (χ0v) is 18.3. The largest absolute Gasteiger partial charge is 0.487 e. The molecule has 0 saturated carbocycles. The summed E-state index contributed by atoms with van der Waals surface area (Å²) in [6.07, 6.45) is -0.319. The number of hydrogen-bond acceptors (Lipinski definition) is 7. The standard InChI is InChI=1S/C22H26ClN5O3/c1-12-20(23)13(2)27-21(26-12)15-10-28(11-16(15)24)22(30)14-5-3-4-6-18(14)31-19-7-8-25-9-17(19)29/h3-6,17,19,25,29H,7-11,24H2,1-2H3/t17-,19-/m0/s1. The molecule has 2 aliphatic heterocycles. The molecule has 1 aromatic carbocycles. The van der Waals surface area contributed by atoms with Crippen molar-refractivity contribution in [1.29, 1.82) is 0 Å². The van der Waals surface area contributed by atoms with Crippen molar-refractivity contribution in [3.8, 4) is 5.75 Å². The van der Waals surface area contributed by atoms with E-state index in [1.165, 1.54) is 0 Å². The van der Waals surface area contributed by atoms with Gasteiger partial charge in [0, 0.05) is 17.8 Å². The van der Waals surface area contributed by atoms with Crippen LogP contribution in [0.4, 0.5) is 0 Å². The van der Waals surface area contributed by atoms with Gasteiger partial charge in [-0.3, -0.25) is 4.79 Å². The van der Waals surface area contributed by atoms with E-state index in [0.717, 1.165) is 12.1 Å². The molecule has 8 nitrogen and oxygen atoms in total. The summed E-state index contributed by atoms with van der Waals surface area (Å²) in [5, 5.41) is 13.9. The number of nitrogens with one attached hydrogen (secondary N) is 1. The molecule has 0 radical (unpaired) electrons. The predicted octanol–water partition coefficient (Wildman–Crippen LogP) is 1.67. The van der Waals surface area contributed by atoms with Crippen LogP contribution in [0.2, 0.25) is 5.02 Å². The topological polar surface area (TPSA) is 114 Å². The van der Waals surface area contributed by atoms with Gasteiger partial charge in [0.05, 0.1) is 35.1 Å². The second-order valence-electron chi connectivity index (χ2n) is 7.91. The Morgan fingerprint density at radius 1 is 1.26 bits per heavy atom. The summed E-state index contributed by atoms with van der Waals surface area (Å²) in [7, 11) is 0. The number of nitrogens with zero attached hydrogens (tertiary/aromatic N) is 3. The molecule has 0 aliphatic carbocycles. The highest BCUT2D eigenvalue weighted by Crippen LogP contribution is 2.29. The highest BCUT2D eigenvalue weighted by molar-refractivity contribution is 6.31. The van der Waals surface area contributed by atoms with E-state index >= 15 is 0 Å². The van der Waals surface area contributed by atoms with Crippen molar-refractivity contribution < 1.29 is 14.6 Å². The highest BCUT2D eigenvalue weighted by atomic mass is 35.5. The number of carbonyl (C=O) groups is 1. The lowest BCUT2D eigenvalue weighted by Crippen LogP contribution is -2.46. The van der Waals surface area contributed by atoms with Crippen LogP contribution in [0.25, 0.3) is 5.57 Å². The molecule has 4 rings (SSSR count). The second kappa shape index (κ2) is 8.82. The lowest BCUT2D eigenvalue weighted by Gasteiger charge is -2.29. The maximum Gasteiger partial charge on any atom is 0.258 e. The fourth-order valence-corrected chi connectivity index (χ4v) is 3.96. The molecule has 0 bridgehead atoms. The third-order valence-electron chi connectivity index (χ3n) is 5.62. The Hall–Kier alpha value is -2.68. The molecule has 1 aromatic heterocycles. The minimum absolute atomic E-state index is 0.195. The summed E-state index contributed by atoms with van der Waals surface area (Å²) in [5.41, 5.74) is 9.33. The van der Waals surface area contributed by atoms with Crippen LogP contribution in [0.5, 0.6) is 5.75 Å². The van der Waals surface area contributed by atoms with Crippen LogP contribution < -0.4 is 15.8 Å². The van der Waals surface area contributed by atoms with Crippen molar-refractivity contribution in [2.75, 3.05) is 26.2 Å². The zero-order chi connectivity index (χ0) is 22.1. The van der Waals surface area contributed by atoms with E-state index in [1.807, 2.05) is 19.9 Å². The van der Waals surface area contributed by atoms with E-state index in [4.69, 9.17) is 22.1 Å². The first kappa shape index (κ1) is 21.5. The lowest BCUT2D eigenvalue weighted by atomic mass is 10.1. The number of carbonyl (C=O) groups excluding carboxylic acids is 1. The Labute approximate surface area is 186 Å². The predicted molar refractivity (Wildman–Crippen MR) is 118 cm³/mol. The van der Waals surface area contributed by atoms with Crippen LogP contribution in [0.15, 0.2) is 30.0 Å². The third-order valence-corrected chi connectivity index (χ3v) is 6.17. The van der Waals surface area contributed by atoms with Crippen LogP contribution >= 0.6 is 11.6 Å². The molecule has 0 spiro atoms. The maximum absolute atomic E-state index is 13.3. The maximum atomic E-state index is 13.3. The highest BCUT2D eigenvalue weighted by Gasteiger charge is 2.31. The van der Waals surface area contributed by atoms with Gasteiger partial charge in [0.15, 0.2) is 5.82 Å². The van der Waals surface area contributed by atoms with Crippen molar-refractivity contribution in [3.63, 3.8) is 0 Å². The molecule has 1 amide bonds. The number of aryl methyl sites for hydroxylation is 2. The number of halogens is 1. The van der Waals surface area contributed by atoms with E-state index in [9.17, 15) is 9.90 Å². The van der Waals surface area contributed by atoms with Crippen molar-refractivity contribution in [1.82, 2.24) is 20.2 Å². The Kier molecular flexibility index (Phi) is 6.13. The number of piperidine rings is 1. The summed E-state index contributed by atoms with van der Waals surface area (Å²) < 4.78 is 6.04. The van der Waals surface area contributed by atoms with Gasteiger partial charge in [-0.25, -0.2) is 9.97 Å². The van der Waals surface area contributed by atoms with Gasteiger partial charge < -0.3 is 25.8 Å². The Bertz CT molecular complexity index is 1020. The first-order valence-electron chi connectivity index (χ1n) is 10.3. The molecular weight excluding hydrogens is 418 g/mol. The zero-order valence-electron chi connectivity index (χ0n) is 17.6. The fraction of sp³-hybridized carbons (Fsp3) is 0.409. The summed E-state index contributed by atoms with van der Waals surface area (Å²) >= 11 is 6.19. The summed E-state index contributed by atoms with van der Waals surface area (Å²) in [4.78, 5) is 23.9. The van der Waals surface area contributed by atoms with Crippen molar-refractivity contribution in [2.24, 2.45) is 5.73 Å². The molecule has 164 valence electrons. The molecule has 1 fully saturated rings. The van der Waals surface area contributed by atoms with Gasteiger partial charge in [-0.1, -0.05) is 23.7 Å². The van der Waals surface area contributed by atoms with Gasteiger partial charge in [-0.2, -0.15) is 0 Å². The summed E-state index contributed by atoms with van der Waals surface area (Å²) in [5.74, 6) is 0.758. The van der Waals surface area contributed by atoms with E-state index in [2.05, 4.69) is 15.3 Å². The van der Waals surface area contributed by atoms with Gasteiger partial charge in [-0.15, -0.1) is 0 Å². The van der Waals surface area contributed by atoms with Gasteiger partial charge >= 0.3 is 0 Å². The average molecular weight is 444 g/mol. The number of hydrogen-bond donors (Lipinski definition) is 3. The smallest absolute Gasteiger partial charge is 0.258 e. The van der Waals surface area contributed by atoms with Crippen molar-refractivity contribution in [2.45, 2.75) is 32.5 Å². The van der Waals surface area contributed by atoms with Crippen LogP contribution in [-0.2, 0) is 0 Å². The number of β-amino-alcohol motifs (C(OH)–C–C–N with tert-alkyl or cyclic N) is 1. The Morgan fingerprint density at radius 2 is 1.97 bits per heavy atom. The second-order valence-corrected chi connectivity index (χ2v) is 8.29. The normalized spacial score (nSPS) is 21.5. The summed E-state index contributed by atoms with van der Waals surface area (Å²) in [6.45, 7) is 5.44. The van der Waals surface area contributed by atoms with Gasteiger partial charge in [0.2, 0.25) is 0 Å². The minimum Gasteiger partial charge on any atom is -0.487 e. The van der Waals surface area contributed by atoms with Gasteiger partial charge in [0.1, 0.15) is 18.0 Å². The molecular formula is C22H26ClN5O3. The SMILES string of the molecule is Cc1nc(C2=C(N)CN(C(=O)c3ccccc3O[C@H]3CCNC[C@@H]3O)C2)nc(C)c1Cl. The molecule has 9 heteroatoms. The number of aromatic nitrogens is 2. The quantitative estimate of drug-likeness (QED) is 0.658. The van der Waals surface area contributed by atoms with Crippen LogP contribution in [0.3, 0.4) is 0 Å². The monoisotopic (exact) mass is 443 g/mol. The molecule has 31 heavy (non-hydrogen) atoms. The van der Waals surface area contributed by atoms with E-state index in [1.54, 1.807) is 23.1 Å². The number of benzene rings is 1. The first-order valence-corrected chi connectivity index (χ1v) is 10.6. The molecule has 2 aromatic rings. The van der Waals surface area contributed by atoms with E-state index in [0.29, 0.717) is 58.8 Å². The fourth-order valence-electron chi connectivity index (χ4n) is 3.88. The number of nitrogens with two attached hydrogens (primary N) is 1.